The van der Waals surface area contributed by atoms with Gasteiger partial charge in [0.15, 0.2) is 0 Å². The van der Waals surface area contributed by atoms with Crippen LogP contribution in [0.3, 0.4) is 0 Å². The zero-order valence-electron chi connectivity index (χ0n) is 9.20. The van der Waals surface area contributed by atoms with E-state index in [0.717, 1.165) is 23.8 Å². The molecule has 2 rings (SSSR count). The number of piperazine rings is 1. The van der Waals surface area contributed by atoms with Crippen LogP contribution in [0, 0.1) is 0 Å². The normalized spacial score (nSPS) is 26.7. The minimum atomic E-state index is 0.519. The summed E-state index contributed by atoms with van der Waals surface area (Å²) in [6, 6.07) is 9.09. The Hall–Kier alpha value is -0.730. The van der Waals surface area contributed by atoms with Crippen LogP contribution >= 0.6 is 11.6 Å². The van der Waals surface area contributed by atoms with E-state index in [-0.39, 0.29) is 0 Å². The molecule has 15 heavy (non-hydrogen) atoms. The monoisotopic (exact) mass is 224 g/mol. The number of hydrogen-bond acceptors (Lipinski definition) is 2. The average Bonchev–Trinajstić information content (AvgIpc) is 2.16. The zero-order valence-corrected chi connectivity index (χ0v) is 9.96. The second-order valence-corrected chi connectivity index (χ2v) is 4.73. The Morgan fingerprint density at radius 1 is 1.20 bits per heavy atom. The minimum Gasteiger partial charge on any atom is -0.367 e. The molecule has 1 heterocycles. The van der Waals surface area contributed by atoms with Crippen molar-refractivity contribution in [2.45, 2.75) is 25.9 Å². The Morgan fingerprint density at radius 2 is 1.80 bits per heavy atom. The maximum Gasteiger partial charge on any atom is 0.0639 e. The number of anilines is 1. The Kier molecular flexibility index (Phi) is 3.17. The number of rotatable bonds is 1. The maximum atomic E-state index is 6.19. The highest BCUT2D eigenvalue weighted by molar-refractivity contribution is 6.33. The standard InChI is InChI=1S/C12H17ClN2/c1-9-7-15(8-10(2)14-9)12-6-4-3-5-11(12)13/h3-6,9-10,14H,7-8H2,1-2H3. The van der Waals surface area contributed by atoms with Crippen LogP contribution in [0.25, 0.3) is 0 Å². The van der Waals surface area contributed by atoms with Gasteiger partial charge in [0.2, 0.25) is 0 Å². The maximum absolute atomic E-state index is 6.19. The fraction of sp³-hybridized carbons (Fsp3) is 0.500. The number of nitrogens with zero attached hydrogens (tertiary/aromatic N) is 1. The van der Waals surface area contributed by atoms with Gasteiger partial charge in [-0.25, -0.2) is 0 Å². The van der Waals surface area contributed by atoms with Gasteiger partial charge in [-0.3, -0.25) is 0 Å². The molecular weight excluding hydrogens is 208 g/mol. The highest BCUT2D eigenvalue weighted by Crippen LogP contribution is 2.26. The van der Waals surface area contributed by atoms with Gasteiger partial charge in [0.1, 0.15) is 0 Å². The SMILES string of the molecule is CC1CN(c2ccccc2Cl)CC(C)N1. The summed E-state index contributed by atoms with van der Waals surface area (Å²) in [6.07, 6.45) is 0. The molecule has 82 valence electrons. The first kappa shape index (κ1) is 10.8. The first-order valence-corrected chi connectivity index (χ1v) is 5.80. The van der Waals surface area contributed by atoms with Gasteiger partial charge in [0.25, 0.3) is 0 Å². The van der Waals surface area contributed by atoms with Gasteiger partial charge in [-0.1, -0.05) is 23.7 Å². The molecular formula is C12H17ClN2. The van der Waals surface area contributed by atoms with Gasteiger partial charge >= 0.3 is 0 Å². The van der Waals surface area contributed by atoms with Gasteiger partial charge in [0.05, 0.1) is 10.7 Å². The average molecular weight is 225 g/mol. The van der Waals surface area contributed by atoms with E-state index in [0.29, 0.717) is 12.1 Å². The van der Waals surface area contributed by atoms with Gasteiger partial charge in [-0.2, -0.15) is 0 Å². The fourth-order valence-electron chi connectivity index (χ4n) is 2.23. The van der Waals surface area contributed by atoms with Crippen molar-refractivity contribution in [3.8, 4) is 0 Å². The second-order valence-electron chi connectivity index (χ2n) is 4.33. The lowest BCUT2D eigenvalue weighted by Crippen LogP contribution is -2.54. The van der Waals surface area contributed by atoms with Crippen molar-refractivity contribution in [3.05, 3.63) is 29.3 Å². The largest absolute Gasteiger partial charge is 0.367 e. The van der Waals surface area contributed by atoms with E-state index in [1.165, 1.54) is 0 Å². The molecule has 2 nitrogen and oxygen atoms in total. The highest BCUT2D eigenvalue weighted by Gasteiger charge is 2.21. The van der Waals surface area contributed by atoms with Crippen molar-refractivity contribution in [2.24, 2.45) is 0 Å². The predicted octanol–water partition coefficient (Wildman–Crippen LogP) is 2.53. The molecule has 1 fully saturated rings. The van der Waals surface area contributed by atoms with Crippen LogP contribution < -0.4 is 10.2 Å². The molecule has 0 aromatic heterocycles. The molecule has 0 amide bonds. The van der Waals surface area contributed by atoms with Crippen LogP contribution in [0.4, 0.5) is 5.69 Å². The van der Waals surface area contributed by atoms with E-state index in [4.69, 9.17) is 11.6 Å². The van der Waals surface area contributed by atoms with E-state index in [1.54, 1.807) is 0 Å². The van der Waals surface area contributed by atoms with Crippen molar-refractivity contribution < 1.29 is 0 Å². The number of halogens is 1. The first-order chi connectivity index (χ1) is 7.16. The zero-order chi connectivity index (χ0) is 10.8. The topological polar surface area (TPSA) is 15.3 Å². The molecule has 1 aliphatic rings. The van der Waals surface area contributed by atoms with Crippen molar-refractivity contribution in [3.63, 3.8) is 0 Å². The molecule has 2 unspecified atom stereocenters. The summed E-state index contributed by atoms with van der Waals surface area (Å²) in [5.41, 5.74) is 1.15. The lowest BCUT2D eigenvalue weighted by atomic mass is 10.1. The van der Waals surface area contributed by atoms with Gasteiger partial charge in [0, 0.05) is 25.2 Å². The Balaban J connectivity index is 2.20. The van der Waals surface area contributed by atoms with Crippen molar-refractivity contribution in [1.29, 1.82) is 0 Å². The van der Waals surface area contributed by atoms with Crippen LogP contribution in [0.1, 0.15) is 13.8 Å². The van der Waals surface area contributed by atoms with Crippen LogP contribution in [0.5, 0.6) is 0 Å². The van der Waals surface area contributed by atoms with Crippen LogP contribution in [-0.2, 0) is 0 Å². The van der Waals surface area contributed by atoms with E-state index < -0.39 is 0 Å². The Morgan fingerprint density at radius 3 is 2.40 bits per heavy atom. The van der Waals surface area contributed by atoms with E-state index in [9.17, 15) is 0 Å². The molecule has 1 aromatic carbocycles. The quantitative estimate of drug-likeness (QED) is 0.789. The molecule has 1 aromatic rings. The Bertz CT molecular complexity index is 330. The third-order valence-electron chi connectivity index (χ3n) is 2.75. The molecule has 1 aliphatic heterocycles. The van der Waals surface area contributed by atoms with Crippen molar-refractivity contribution in [1.82, 2.24) is 5.32 Å². The third kappa shape index (κ3) is 2.44. The molecule has 0 bridgehead atoms. The summed E-state index contributed by atoms with van der Waals surface area (Å²) in [5.74, 6) is 0. The molecule has 0 spiro atoms. The van der Waals surface area contributed by atoms with Crippen LogP contribution in [0.2, 0.25) is 5.02 Å². The fourth-order valence-corrected chi connectivity index (χ4v) is 2.49. The smallest absolute Gasteiger partial charge is 0.0639 e. The summed E-state index contributed by atoms with van der Waals surface area (Å²) in [4.78, 5) is 2.36. The molecule has 0 saturated carbocycles. The highest BCUT2D eigenvalue weighted by atomic mass is 35.5. The molecule has 3 heteroatoms. The molecule has 1 saturated heterocycles. The molecule has 2 atom stereocenters. The van der Waals surface area contributed by atoms with E-state index in [1.807, 2.05) is 18.2 Å². The number of nitrogens with one attached hydrogen (secondary N) is 1. The molecule has 1 N–H and O–H groups in total. The number of benzene rings is 1. The molecule has 0 aliphatic carbocycles. The Labute approximate surface area is 96.2 Å². The van der Waals surface area contributed by atoms with Crippen LogP contribution in [-0.4, -0.2) is 25.2 Å². The number of para-hydroxylation sites is 1. The summed E-state index contributed by atoms with van der Waals surface area (Å²) in [7, 11) is 0. The summed E-state index contributed by atoms with van der Waals surface area (Å²) < 4.78 is 0. The summed E-state index contributed by atoms with van der Waals surface area (Å²) >= 11 is 6.19. The van der Waals surface area contributed by atoms with Crippen LogP contribution in [0.15, 0.2) is 24.3 Å². The lowest BCUT2D eigenvalue weighted by Gasteiger charge is -2.38. The van der Waals surface area contributed by atoms with Gasteiger partial charge in [-0.15, -0.1) is 0 Å². The van der Waals surface area contributed by atoms with Gasteiger partial charge in [-0.05, 0) is 26.0 Å². The third-order valence-corrected chi connectivity index (χ3v) is 3.07. The number of hydrogen-bond donors (Lipinski definition) is 1. The van der Waals surface area contributed by atoms with Crippen molar-refractivity contribution in [2.75, 3.05) is 18.0 Å². The second kappa shape index (κ2) is 4.42. The van der Waals surface area contributed by atoms with Crippen molar-refractivity contribution >= 4 is 17.3 Å². The summed E-state index contributed by atoms with van der Waals surface area (Å²) in [6.45, 7) is 6.46. The molecule has 0 radical (unpaired) electrons. The van der Waals surface area contributed by atoms with Gasteiger partial charge < -0.3 is 10.2 Å². The van der Waals surface area contributed by atoms with E-state index >= 15 is 0 Å². The minimum absolute atomic E-state index is 0.519. The first-order valence-electron chi connectivity index (χ1n) is 5.42. The van der Waals surface area contributed by atoms with E-state index in [2.05, 4.69) is 30.1 Å². The predicted molar refractivity (Wildman–Crippen MR) is 65.7 cm³/mol. The lowest BCUT2D eigenvalue weighted by molar-refractivity contribution is 0.407. The summed E-state index contributed by atoms with van der Waals surface area (Å²) in [5, 5.41) is 4.36.